The van der Waals surface area contributed by atoms with Gasteiger partial charge >= 0.3 is 0 Å². The Labute approximate surface area is 78.2 Å². The third-order valence-corrected chi connectivity index (χ3v) is 2.14. The molecule has 1 aromatic rings. The van der Waals surface area contributed by atoms with Crippen LogP contribution in [0.4, 0.5) is 4.39 Å². The minimum absolute atomic E-state index is 0.317. The fourth-order valence-corrected chi connectivity index (χ4v) is 1.24. The first-order valence-electron chi connectivity index (χ1n) is 4.49. The maximum absolute atomic E-state index is 13.3. The molecule has 72 valence electrons. The molecule has 0 radical (unpaired) electrons. The van der Waals surface area contributed by atoms with E-state index >= 15 is 0 Å². The lowest BCUT2D eigenvalue weighted by Gasteiger charge is -2.10. The fourth-order valence-electron chi connectivity index (χ4n) is 1.24. The van der Waals surface area contributed by atoms with Crippen molar-refractivity contribution in [2.45, 2.75) is 32.8 Å². The zero-order valence-corrected chi connectivity index (χ0v) is 8.21. The Hall–Kier alpha value is -0.890. The van der Waals surface area contributed by atoms with E-state index in [1.54, 1.807) is 13.0 Å². The van der Waals surface area contributed by atoms with Crippen molar-refractivity contribution in [2.75, 3.05) is 0 Å². The molecule has 0 saturated carbocycles. The highest BCUT2D eigenvalue weighted by Gasteiger charge is 2.09. The van der Waals surface area contributed by atoms with E-state index in [4.69, 9.17) is 0 Å². The molecule has 2 heteroatoms. The highest BCUT2D eigenvalue weighted by Crippen LogP contribution is 2.21. The van der Waals surface area contributed by atoms with Crippen LogP contribution in [0.1, 0.15) is 43.9 Å². The molecule has 0 amide bonds. The molecule has 0 aliphatic rings. The average Bonchev–Trinajstić information content (AvgIpc) is 2.03. The Balaban J connectivity index is 3.06. The molecule has 1 nitrogen and oxygen atoms in total. The molecule has 0 bridgehead atoms. The molecule has 0 aliphatic heterocycles. The number of aliphatic hydroxyl groups is 1. The predicted molar refractivity (Wildman–Crippen MR) is 51.1 cm³/mol. The lowest BCUT2D eigenvalue weighted by Crippen LogP contribution is -1.98. The zero-order valence-electron chi connectivity index (χ0n) is 8.21. The molecular formula is C11H15FO. The van der Waals surface area contributed by atoms with E-state index in [2.05, 4.69) is 0 Å². The van der Waals surface area contributed by atoms with E-state index < -0.39 is 6.10 Å². The smallest absolute Gasteiger partial charge is 0.129 e. The molecule has 1 unspecified atom stereocenters. The summed E-state index contributed by atoms with van der Waals surface area (Å²) < 4.78 is 13.3. The second-order valence-electron chi connectivity index (χ2n) is 3.61. The highest BCUT2D eigenvalue weighted by molar-refractivity contribution is 5.27. The van der Waals surface area contributed by atoms with Crippen LogP contribution < -0.4 is 0 Å². The molecule has 1 N–H and O–H groups in total. The minimum Gasteiger partial charge on any atom is -0.389 e. The van der Waals surface area contributed by atoms with Crippen LogP contribution in [-0.2, 0) is 0 Å². The van der Waals surface area contributed by atoms with Gasteiger partial charge in [-0.25, -0.2) is 4.39 Å². The quantitative estimate of drug-likeness (QED) is 0.745. The van der Waals surface area contributed by atoms with Crippen molar-refractivity contribution in [1.29, 1.82) is 0 Å². The van der Waals surface area contributed by atoms with Crippen molar-refractivity contribution in [3.05, 3.63) is 35.1 Å². The van der Waals surface area contributed by atoms with Crippen molar-refractivity contribution in [2.24, 2.45) is 0 Å². The summed E-state index contributed by atoms with van der Waals surface area (Å²) in [7, 11) is 0. The Morgan fingerprint density at radius 3 is 2.23 bits per heavy atom. The minimum atomic E-state index is -0.735. The zero-order chi connectivity index (χ0) is 10.0. The summed E-state index contributed by atoms with van der Waals surface area (Å²) in [5, 5.41) is 9.19. The lowest BCUT2D eigenvalue weighted by atomic mass is 10.00. The highest BCUT2D eigenvalue weighted by atomic mass is 19.1. The van der Waals surface area contributed by atoms with Gasteiger partial charge < -0.3 is 5.11 Å². The van der Waals surface area contributed by atoms with Gasteiger partial charge in [-0.05, 0) is 24.5 Å². The molecule has 13 heavy (non-hydrogen) atoms. The standard InChI is InChI=1S/C11H15FO/c1-7(2)9-4-5-10(8(3)13)11(12)6-9/h4-8,13H,1-3H3. The largest absolute Gasteiger partial charge is 0.389 e. The number of halogens is 1. The fraction of sp³-hybridized carbons (Fsp3) is 0.455. The third kappa shape index (κ3) is 2.28. The number of hydrogen-bond donors (Lipinski definition) is 1. The van der Waals surface area contributed by atoms with E-state index in [-0.39, 0.29) is 5.82 Å². The van der Waals surface area contributed by atoms with Gasteiger partial charge in [-0.2, -0.15) is 0 Å². The molecular weight excluding hydrogens is 167 g/mol. The molecule has 0 fully saturated rings. The average molecular weight is 182 g/mol. The molecule has 1 aromatic carbocycles. The van der Waals surface area contributed by atoms with Crippen molar-refractivity contribution in [3.8, 4) is 0 Å². The predicted octanol–water partition coefficient (Wildman–Crippen LogP) is 3.00. The molecule has 0 spiro atoms. The number of hydrogen-bond acceptors (Lipinski definition) is 1. The van der Waals surface area contributed by atoms with Crippen LogP contribution in [0.5, 0.6) is 0 Å². The summed E-state index contributed by atoms with van der Waals surface area (Å²) in [6.45, 7) is 5.58. The van der Waals surface area contributed by atoms with E-state index in [1.807, 2.05) is 19.9 Å². The van der Waals surface area contributed by atoms with Crippen molar-refractivity contribution >= 4 is 0 Å². The second-order valence-corrected chi connectivity index (χ2v) is 3.61. The topological polar surface area (TPSA) is 20.2 Å². The first-order chi connectivity index (χ1) is 6.02. The molecule has 0 aliphatic carbocycles. The van der Waals surface area contributed by atoms with Crippen LogP contribution in [0.25, 0.3) is 0 Å². The second kappa shape index (κ2) is 3.88. The summed E-state index contributed by atoms with van der Waals surface area (Å²) in [5.74, 6) is -0.00116. The summed E-state index contributed by atoms with van der Waals surface area (Å²) in [6.07, 6.45) is -0.735. The van der Waals surface area contributed by atoms with Gasteiger partial charge in [0.25, 0.3) is 0 Å². The van der Waals surface area contributed by atoms with Crippen LogP contribution in [0.3, 0.4) is 0 Å². The van der Waals surface area contributed by atoms with E-state index in [0.717, 1.165) is 5.56 Å². The molecule has 0 saturated heterocycles. The molecule has 0 heterocycles. The molecule has 1 atom stereocenters. The number of rotatable bonds is 2. The van der Waals surface area contributed by atoms with Gasteiger partial charge in [0, 0.05) is 5.56 Å². The van der Waals surface area contributed by atoms with Crippen molar-refractivity contribution < 1.29 is 9.50 Å². The van der Waals surface area contributed by atoms with Gasteiger partial charge in [0.1, 0.15) is 5.82 Å². The van der Waals surface area contributed by atoms with Crippen LogP contribution in [0, 0.1) is 5.82 Å². The van der Waals surface area contributed by atoms with Crippen LogP contribution in [0.15, 0.2) is 18.2 Å². The van der Waals surface area contributed by atoms with E-state index in [1.165, 1.54) is 6.07 Å². The van der Waals surface area contributed by atoms with E-state index in [9.17, 15) is 9.50 Å². The maximum atomic E-state index is 13.3. The Kier molecular flexibility index (Phi) is 3.04. The summed E-state index contributed by atoms with van der Waals surface area (Å²) >= 11 is 0. The van der Waals surface area contributed by atoms with Gasteiger partial charge in [-0.3, -0.25) is 0 Å². The number of benzene rings is 1. The lowest BCUT2D eigenvalue weighted by molar-refractivity contribution is 0.194. The Morgan fingerprint density at radius 2 is 1.85 bits per heavy atom. The molecule has 0 aromatic heterocycles. The SMILES string of the molecule is CC(C)c1ccc(C(C)O)c(F)c1. The maximum Gasteiger partial charge on any atom is 0.129 e. The van der Waals surface area contributed by atoms with Crippen LogP contribution >= 0.6 is 0 Å². The van der Waals surface area contributed by atoms with Gasteiger partial charge in [-0.1, -0.05) is 26.0 Å². The van der Waals surface area contributed by atoms with Gasteiger partial charge in [-0.15, -0.1) is 0 Å². The Bertz CT molecular complexity index is 292. The summed E-state index contributed by atoms with van der Waals surface area (Å²) in [4.78, 5) is 0. The van der Waals surface area contributed by atoms with E-state index in [0.29, 0.717) is 11.5 Å². The van der Waals surface area contributed by atoms with Gasteiger partial charge in [0.2, 0.25) is 0 Å². The van der Waals surface area contributed by atoms with Crippen LogP contribution in [-0.4, -0.2) is 5.11 Å². The first-order valence-corrected chi connectivity index (χ1v) is 4.49. The third-order valence-electron chi connectivity index (χ3n) is 2.14. The number of aliphatic hydroxyl groups excluding tert-OH is 1. The first kappa shape index (κ1) is 10.2. The molecule has 1 rings (SSSR count). The van der Waals surface area contributed by atoms with Crippen molar-refractivity contribution in [3.63, 3.8) is 0 Å². The Morgan fingerprint density at radius 1 is 1.23 bits per heavy atom. The monoisotopic (exact) mass is 182 g/mol. The van der Waals surface area contributed by atoms with Gasteiger partial charge in [0.05, 0.1) is 6.10 Å². The van der Waals surface area contributed by atoms with Gasteiger partial charge in [0.15, 0.2) is 0 Å². The summed E-state index contributed by atoms with van der Waals surface area (Å²) in [6, 6.07) is 5.00. The normalized spacial score (nSPS) is 13.4. The summed E-state index contributed by atoms with van der Waals surface area (Å²) in [5.41, 5.74) is 1.33. The van der Waals surface area contributed by atoms with Crippen molar-refractivity contribution in [1.82, 2.24) is 0 Å². The van der Waals surface area contributed by atoms with Crippen LogP contribution in [0.2, 0.25) is 0 Å².